The number of aliphatic imine (C=N–C) groups is 2. The van der Waals surface area contributed by atoms with Crippen molar-refractivity contribution in [2.24, 2.45) is 9.98 Å². The summed E-state index contributed by atoms with van der Waals surface area (Å²) in [6, 6.07) is 15.8. The minimum absolute atomic E-state index is 0.125. The van der Waals surface area contributed by atoms with Crippen LogP contribution in [0.1, 0.15) is 43.1 Å². The smallest absolute Gasteiger partial charge is 0.259 e. The highest BCUT2D eigenvalue weighted by molar-refractivity contribution is 8.15. The van der Waals surface area contributed by atoms with Crippen LogP contribution < -0.4 is 20.1 Å². The minimum atomic E-state index is -0.735. The van der Waals surface area contributed by atoms with Crippen molar-refractivity contribution in [2.45, 2.75) is 50.6 Å². The number of thioether (sulfide) groups is 1. The maximum Gasteiger partial charge on any atom is 0.259 e. The Morgan fingerprint density at radius 2 is 1.93 bits per heavy atom. The summed E-state index contributed by atoms with van der Waals surface area (Å²) in [4.78, 5) is 50.3. The Morgan fingerprint density at radius 1 is 1.07 bits per heavy atom. The third-order valence-electron chi connectivity index (χ3n) is 7.05. The molecule has 6 rings (SSSR count). The quantitative estimate of drug-likeness (QED) is 0.368. The van der Waals surface area contributed by atoms with E-state index in [1.165, 1.54) is 16.7 Å². The largest absolute Gasteiger partial charge is 0.467 e. The average molecular weight is 588 g/mol. The van der Waals surface area contributed by atoms with Crippen molar-refractivity contribution in [1.29, 1.82) is 0 Å². The van der Waals surface area contributed by atoms with E-state index < -0.39 is 11.3 Å². The molecule has 3 amide bonds. The molecule has 1 aromatic heterocycles. The van der Waals surface area contributed by atoms with Gasteiger partial charge in [-0.2, -0.15) is 0 Å². The molecule has 12 heteroatoms. The summed E-state index contributed by atoms with van der Waals surface area (Å²) in [5, 5.41) is 5.70. The molecule has 3 aliphatic rings. The van der Waals surface area contributed by atoms with Crippen LogP contribution in [-0.4, -0.2) is 51.7 Å². The number of hydrogen-bond acceptors (Lipinski definition) is 9. The number of amidine groups is 2. The van der Waals surface area contributed by atoms with Crippen LogP contribution in [0.25, 0.3) is 0 Å². The zero-order valence-electron chi connectivity index (χ0n) is 22.9. The lowest BCUT2D eigenvalue weighted by molar-refractivity contribution is -0.125. The van der Waals surface area contributed by atoms with Crippen LogP contribution in [0.3, 0.4) is 0 Å². The van der Waals surface area contributed by atoms with Gasteiger partial charge in [-0.25, -0.2) is 9.89 Å². The highest BCUT2D eigenvalue weighted by atomic mass is 32.2. The molecule has 3 aromatic rings. The fourth-order valence-electron chi connectivity index (χ4n) is 4.83. The Kier molecular flexibility index (Phi) is 7.95. The van der Waals surface area contributed by atoms with Crippen LogP contribution in [0.5, 0.6) is 11.5 Å². The lowest BCUT2D eigenvalue weighted by atomic mass is 10.1. The Bertz CT molecular complexity index is 1570. The van der Waals surface area contributed by atoms with Gasteiger partial charge in [0.1, 0.15) is 17.6 Å². The van der Waals surface area contributed by atoms with E-state index >= 15 is 0 Å². The number of ether oxygens (including phenoxy) is 2. The first-order chi connectivity index (χ1) is 20.5. The van der Waals surface area contributed by atoms with E-state index in [0.717, 1.165) is 11.1 Å². The van der Waals surface area contributed by atoms with Gasteiger partial charge < -0.3 is 24.5 Å². The van der Waals surface area contributed by atoms with Crippen molar-refractivity contribution in [3.05, 3.63) is 77.7 Å². The number of carbonyl (C=O) groups excluding carboxylic acids is 3. The summed E-state index contributed by atoms with van der Waals surface area (Å²) < 4.78 is 16.0. The second kappa shape index (κ2) is 12.1. The molecule has 0 aliphatic carbocycles. The number of furan rings is 1. The maximum atomic E-state index is 13.6. The van der Waals surface area contributed by atoms with Crippen molar-refractivity contribution in [3.63, 3.8) is 0 Å². The lowest BCUT2D eigenvalue weighted by Gasteiger charge is -2.27. The van der Waals surface area contributed by atoms with Gasteiger partial charge in [-0.05, 0) is 54.8 Å². The van der Waals surface area contributed by atoms with Gasteiger partial charge in [0.15, 0.2) is 16.7 Å². The molecule has 11 nitrogen and oxygen atoms in total. The van der Waals surface area contributed by atoms with Crippen LogP contribution in [0.4, 0.5) is 5.69 Å². The Morgan fingerprint density at radius 3 is 2.76 bits per heavy atom. The van der Waals surface area contributed by atoms with Crippen molar-refractivity contribution in [1.82, 2.24) is 15.5 Å². The van der Waals surface area contributed by atoms with Crippen LogP contribution in [0.2, 0.25) is 0 Å². The molecule has 0 fully saturated rings. The Labute approximate surface area is 246 Å². The van der Waals surface area contributed by atoms with Gasteiger partial charge in [0.25, 0.3) is 5.91 Å². The molecule has 0 radical (unpaired) electrons. The highest BCUT2D eigenvalue weighted by Crippen LogP contribution is 2.36. The van der Waals surface area contributed by atoms with Gasteiger partial charge in [-0.15, -0.1) is 0 Å². The van der Waals surface area contributed by atoms with E-state index in [2.05, 4.69) is 10.6 Å². The molecule has 0 unspecified atom stereocenters. The monoisotopic (exact) mass is 587 g/mol. The topological polar surface area (TPSA) is 135 Å². The second-order valence-corrected chi connectivity index (χ2v) is 11.0. The molecule has 216 valence electrons. The average Bonchev–Trinajstić information content (AvgIpc) is 3.77. The molecule has 3 aliphatic heterocycles. The molecule has 0 saturated carbocycles. The van der Waals surface area contributed by atoms with Gasteiger partial charge >= 0.3 is 0 Å². The van der Waals surface area contributed by atoms with E-state index in [0.29, 0.717) is 46.9 Å². The standard InChI is InChI=1S/C30H29N5O6S/c1-2-25(28(37)32-16-19-6-5-13-39-19)42-30-34-21-8-4-3-7-20(21)27-33-22(29(38)35(27)30)10-12-26(36)31-15-18-9-11-23-24(14-18)41-17-40-23/h3-9,11,13-14,22,25H,2,10,12,15-17H2,1H3,(H,31,36)(H,32,37)/t22-,25-/m0/s1. The molecule has 2 N–H and O–H groups in total. The Hall–Kier alpha value is -4.58. The third-order valence-corrected chi connectivity index (χ3v) is 8.36. The molecule has 2 atom stereocenters. The predicted octanol–water partition coefficient (Wildman–Crippen LogP) is 3.89. The SMILES string of the molecule is CC[C@H](SC1=Nc2ccccc2C2=N[C@@H](CCC(=O)NCc3ccc4c(c3)OCO4)C(=O)N12)C(=O)NCc1ccco1. The molecular weight excluding hydrogens is 558 g/mol. The minimum Gasteiger partial charge on any atom is -0.467 e. The fraction of sp³-hybridized carbons (Fsp3) is 0.300. The molecule has 0 saturated heterocycles. The zero-order chi connectivity index (χ0) is 29.1. The molecule has 42 heavy (non-hydrogen) atoms. The fourth-order valence-corrected chi connectivity index (χ4v) is 5.87. The van der Waals surface area contributed by atoms with Crippen molar-refractivity contribution in [3.8, 4) is 11.5 Å². The van der Waals surface area contributed by atoms with Crippen molar-refractivity contribution < 1.29 is 28.3 Å². The summed E-state index contributed by atoms with van der Waals surface area (Å²) in [5.41, 5.74) is 2.30. The molecule has 4 heterocycles. The Balaban J connectivity index is 1.11. The number of rotatable bonds is 10. The summed E-state index contributed by atoms with van der Waals surface area (Å²) in [6.07, 6.45) is 2.45. The number of nitrogens with zero attached hydrogens (tertiary/aromatic N) is 3. The van der Waals surface area contributed by atoms with Gasteiger partial charge in [-0.1, -0.05) is 36.9 Å². The van der Waals surface area contributed by atoms with Crippen molar-refractivity contribution >= 4 is 46.2 Å². The molecule has 0 spiro atoms. The first-order valence-electron chi connectivity index (χ1n) is 13.7. The first-order valence-corrected chi connectivity index (χ1v) is 14.6. The number of para-hydroxylation sites is 1. The number of carbonyl (C=O) groups is 3. The van der Waals surface area contributed by atoms with Gasteiger partial charge in [0, 0.05) is 18.5 Å². The third kappa shape index (κ3) is 5.75. The van der Waals surface area contributed by atoms with Gasteiger partial charge in [0.05, 0.1) is 23.7 Å². The maximum absolute atomic E-state index is 13.6. The van der Waals surface area contributed by atoms with Crippen LogP contribution in [0.15, 0.2) is 75.3 Å². The lowest BCUT2D eigenvalue weighted by Crippen LogP contribution is -2.43. The number of benzene rings is 2. The van der Waals surface area contributed by atoms with E-state index in [4.69, 9.17) is 23.9 Å². The van der Waals surface area contributed by atoms with E-state index in [1.807, 2.05) is 49.4 Å². The normalized spacial score (nSPS) is 17.2. The number of amides is 3. The van der Waals surface area contributed by atoms with Crippen LogP contribution in [-0.2, 0) is 27.5 Å². The number of fused-ring (bicyclic) bond motifs is 4. The van der Waals surface area contributed by atoms with Crippen LogP contribution >= 0.6 is 11.8 Å². The predicted molar refractivity (Wildman–Crippen MR) is 157 cm³/mol. The zero-order valence-corrected chi connectivity index (χ0v) is 23.7. The van der Waals surface area contributed by atoms with Gasteiger partial charge in [0.2, 0.25) is 18.6 Å². The van der Waals surface area contributed by atoms with E-state index in [1.54, 1.807) is 18.4 Å². The number of nitrogens with one attached hydrogen (secondary N) is 2. The van der Waals surface area contributed by atoms with Crippen molar-refractivity contribution in [2.75, 3.05) is 6.79 Å². The summed E-state index contributed by atoms with van der Waals surface area (Å²) in [7, 11) is 0. The molecule has 2 aromatic carbocycles. The summed E-state index contributed by atoms with van der Waals surface area (Å²) in [5.74, 6) is 1.85. The summed E-state index contributed by atoms with van der Waals surface area (Å²) in [6.45, 7) is 2.70. The van der Waals surface area contributed by atoms with E-state index in [9.17, 15) is 14.4 Å². The number of hydrogen-bond donors (Lipinski definition) is 2. The second-order valence-electron chi connectivity index (χ2n) is 9.87. The van der Waals surface area contributed by atoms with Crippen LogP contribution in [0, 0.1) is 0 Å². The molecular formula is C30H29N5O6S. The van der Waals surface area contributed by atoms with E-state index in [-0.39, 0.29) is 43.9 Å². The summed E-state index contributed by atoms with van der Waals surface area (Å²) >= 11 is 1.23. The van der Waals surface area contributed by atoms with Gasteiger partial charge in [-0.3, -0.25) is 19.4 Å². The highest BCUT2D eigenvalue weighted by Gasteiger charge is 2.42. The molecule has 0 bridgehead atoms. The first kappa shape index (κ1) is 27.6.